The number of carbonyl (C=O) groups excluding carboxylic acids is 2. The zero-order valence-electron chi connectivity index (χ0n) is 18.1. The normalized spacial score (nSPS) is 12.1. The number of benzene rings is 2. The number of likely N-dealkylation sites (N-methyl/N-ethyl adjacent to an activating group) is 1. The fourth-order valence-electron chi connectivity index (χ4n) is 3.01. The molecule has 2 aromatic carbocycles. The quantitative estimate of drug-likeness (QED) is 0.605. The number of nitrogens with zero attached hydrogens (tertiary/aromatic N) is 2. The summed E-state index contributed by atoms with van der Waals surface area (Å²) in [6.07, 6.45) is 0.843. The lowest BCUT2D eigenvalue weighted by Gasteiger charge is -2.31. The van der Waals surface area contributed by atoms with E-state index in [0.717, 1.165) is 18.4 Å². The van der Waals surface area contributed by atoms with Gasteiger partial charge in [0.15, 0.2) is 11.6 Å². The Morgan fingerprint density at radius 1 is 1.12 bits per heavy atom. The SMILES string of the molecule is CNC(=O)C(C)N(Cc1cccc(OC)c1)C(=O)CN(c1ccc(F)c(F)c1)S(C)(=O)=O. The van der Waals surface area contributed by atoms with Crippen LogP contribution in [0.15, 0.2) is 42.5 Å². The van der Waals surface area contributed by atoms with Crippen molar-refractivity contribution in [1.29, 1.82) is 0 Å². The van der Waals surface area contributed by atoms with E-state index < -0.39 is 46.1 Å². The molecule has 174 valence electrons. The summed E-state index contributed by atoms with van der Waals surface area (Å²) in [6.45, 7) is 0.772. The summed E-state index contributed by atoms with van der Waals surface area (Å²) >= 11 is 0. The van der Waals surface area contributed by atoms with Crippen LogP contribution >= 0.6 is 0 Å². The molecule has 0 fully saturated rings. The van der Waals surface area contributed by atoms with Crippen molar-refractivity contribution in [1.82, 2.24) is 10.2 Å². The Labute approximate surface area is 185 Å². The predicted molar refractivity (Wildman–Crippen MR) is 116 cm³/mol. The maximum Gasteiger partial charge on any atom is 0.244 e. The Morgan fingerprint density at radius 3 is 2.38 bits per heavy atom. The van der Waals surface area contributed by atoms with Gasteiger partial charge >= 0.3 is 0 Å². The number of anilines is 1. The van der Waals surface area contributed by atoms with Crippen molar-refractivity contribution in [2.75, 3.05) is 31.3 Å². The van der Waals surface area contributed by atoms with Crippen LogP contribution in [0.2, 0.25) is 0 Å². The van der Waals surface area contributed by atoms with E-state index in [1.807, 2.05) is 0 Å². The molecule has 1 N–H and O–H groups in total. The summed E-state index contributed by atoms with van der Waals surface area (Å²) in [7, 11) is -1.13. The van der Waals surface area contributed by atoms with Crippen molar-refractivity contribution in [2.24, 2.45) is 0 Å². The number of rotatable bonds is 9. The molecule has 0 spiro atoms. The highest BCUT2D eigenvalue weighted by molar-refractivity contribution is 7.92. The van der Waals surface area contributed by atoms with Gasteiger partial charge in [0.1, 0.15) is 18.3 Å². The number of halogens is 2. The lowest BCUT2D eigenvalue weighted by Crippen LogP contribution is -2.50. The van der Waals surface area contributed by atoms with Crippen LogP contribution in [0.25, 0.3) is 0 Å². The average molecular weight is 470 g/mol. The zero-order chi connectivity index (χ0) is 24.1. The minimum absolute atomic E-state index is 0.0139. The number of amides is 2. The van der Waals surface area contributed by atoms with Crippen molar-refractivity contribution in [3.05, 3.63) is 59.7 Å². The maximum absolute atomic E-state index is 13.7. The Bertz CT molecular complexity index is 1090. The lowest BCUT2D eigenvalue weighted by molar-refractivity contribution is -0.139. The molecule has 8 nitrogen and oxygen atoms in total. The molecular formula is C21H25F2N3O5S. The largest absolute Gasteiger partial charge is 0.497 e. The molecule has 11 heteroatoms. The van der Waals surface area contributed by atoms with E-state index in [1.54, 1.807) is 24.3 Å². The summed E-state index contributed by atoms with van der Waals surface area (Å²) in [5.41, 5.74) is 0.431. The second kappa shape index (κ2) is 10.4. The van der Waals surface area contributed by atoms with Gasteiger partial charge in [-0.25, -0.2) is 17.2 Å². The van der Waals surface area contributed by atoms with Gasteiger partial charge in [0.2, 0.25) is 21.8 Å². The first-order chi connectivity index (χ1) is 15.0. The molecule has 1 unspecified atom stereocenters. The Morgan fingerprint density at radius 2 is 1.81 bits per heavy atom. The highest BCUT2D eigenvalue weighted by atomic mass is 32.2. The fourth-order valence-corrected chi connectivity index (χ4v) is 3.85. The van der Waals surface area contributed by atoms with Gasteiger partial charge in [0, 0.05) is 19.7 Å². The first-order valence-corrected chi connectivity index (χ1v) is 11.4. The molecule has 0 aliphatic heterocycles. The monoisotopic (exact) mass is 469 g/mol. The van der Waals surface area contributed by atoms with E-state index in [9.17, 15) is 26.8 Å². The van der Waals surface area contributed by atoms with E-state index in [-0.39, 0.29) is 12.2 Å². The molecule has 0 saturated heterocycles. The van der Waals surface area contributed by atoms with Crippen LogP contribution in [0.1, 0.15) is 12.5 Å². The van der Waals surface area contributed by atoms with Crippen LogP contribution in [0.4, 0.5) is 14.5 Å². The predicted octanol–water partition coefficient (Wildman–Crippen LogP) is 1.90. The second-order valence-corrected chi connectivity index (χ2v) is 8.94. The van der Waals surface area contributed by atoms with Crippen molar-refractivity contribution in [2.45, 2.75) is 19.5 Å². The van der Waals surface area contributed by atoms with Crippen LogP contribution in [0, 0.1) is 11.6 Å². The second-order valence-electron chi connectivity index (χ2n) is 7.03. The molecule has 0 aromatic heterocycles. The molecule has 0 bridgehead atoms. The van der Waals surface area contributed by atoms with Crippen molar-refractivity contribution < 1.29 is 31.5 Å². The van der Waals surface area contributed by atoms with Crippen molar-refractivity contribution in [3.8, 4) is 5.75 Å². The van der Waals surface area contributed by atoms with Crippen molar-refractivity contribution in [3.63, 3.8) is 0 Å². The fraction of sp³-hybridized carbons (Fsp3) is 0.333. The van der Waals surface area contributed by atoms with E-state index in [1.165, 1.54) is 26.0 Å². The number of nitrogens with one attached hydrogen (secondary N) is 1. The smallest absolute Gasteiger partial charge is 0.244 e. The molecule has 2 aromatic rings. The van der Waals surface area contributed by atoms with Crippen LogP contribution in [0.3, 0.4) is 0 Å². The Kier molecular flexibility index (Phi) is 8.14. The van der Waals surface area contributed by atoms with E-state index in [0.29, 0.717) is 21.7 Å². The average Bonchev–Trinajstić information content (AvgIpc) is 2.75. The molecule has 2 rings (SSSR count). The third-order valence-corrected chi connectivity index (χ3v) is 5.91. The molecule has 0 radical (unpaired) electrons. The summed E-state index contributed by atoms with van der Waals surface area (Å²) in [6, 6.07) is 8.42. The standard InChI is InChI=1S/C21H25F2N3O5S/c1-14(21(28)24-2)25(12-15-6-5-7-17(10-15)31-3)20(27)13-26(32(4,29)30)16-8-9-18(22)19(23)11-16/h5-11,14H,12-13H2,1-4H3,(H,24,28). The topological polar surface area (TPSA) is 96.0 Å². The summed E-state index contributed by atoms with van der Waals surface area (Å²) in [5, 5.41) is 2.46. The third kappa shape index (κ3) is 6.16. The highest BCUT2D eigenvalue weighted by Crippen LogP contribution is 2.22. The van der Waals surface area contributed by atoms with Gasteiger partial charge in [-0.15, -0.1) is 0 Å². The molecule has 0 saturated carbocycles. The van der Waals surface area contributed by atoms with Crippen LogP contribution < -0.4 is 14.4 Å². The van der Waals surface area contributed by atoms with Gasteiger partial charge in [0.25, 0.3) is 0 Å². The van der Waals surface area contributed by atoms with Crippen LogP contribution in [-0.4, -0.2) is 58.1 Å². The minimum Gasteiger partial charge on any atom is -0.497 e. The first-order valence-electron chi connectivity index (χ1n) is 9.54. The lowest BCUT2D eigenvalue weighted by atomic mass is 10.1. The number of carbonyl (C=O) groups is 2. The zero-order valence-corrected chi connectivity index (χ0v) is 18.9. The van der Waals surface area contributed by atoms with Crippen LogP contribution in [0.5, 0.6) is 5.75 Å². The molecular weight excluding hydrogens is 444 g/mol. The summed E-state index contributed by atoms with van der Waals surface area (Å²) in [5.74, 6) is -3.03. The van der Waals surface area contributed by atoms with Gasteiger partial charge in [-0.05, 0) is 36.8 Å². The van der Waals surface area contributed by atoms with Gasteiger partial charge in [-0.1, -0.05) is 12.1 Å². The molecule has 0 aliphatic rings. The number of methoxy groups -OCH3 is 1. The molecule has 0 aliphatic carbocycles. The molecule has 1 atom stereocenters. The number of hydrogen-bond donors (Lipinski definition) is 1. The molecule has 0 heterocycles. The van der Waals surface area contributed by atoms with Crippen molar-refractivity contribution >= 4 is 27.5 Å². The highest BCUT2D eigenvalue weighted by Gasteiger charge is 2.30. The first kappa shape index (κ1) is 25.1. The van der Waals surface area contributed by atoms with E-state index in [4.69, 9.17) is 4.74 Å². The Hall–Kier alpha value is -3.21. The molecule has 32 heavy (non-hydrogen) atoms. The number of ether oxygens (including phenoxy) is 1. The van der Waals surface area contributed by atoms with Gasteiger partial charge in [-0.2, -0.15) is 0 Å². The maximum atomic E-state index is 13.7. The van der Waals surface area contributed by atoms with Gasteiger partial charge < -0.3 is 15.0 Å². The minimum atomic E-state index is -4.04. The summed E-state index contributed by atoms with van der Waals surface area (Å²) < 4.78 is 57.5. The van der Waals surface area contributed by atoms with Gasteiger partial charge in [-0.3, -0.25) is 13.9 Å². The molecule has 2 amide bonds. The Balaban J connectivity index is 2.41. The summed E-state index contributed by atoms with van der Waals surface area (Å²) in [4.78, 5) is 26.6. The van der Waals surface area contributed by atoms with Gasteiger partial charge in [0.05, 0.1) is 19.1 Å². The van der Waals surface area contributed by atoms with Crippen LogP contribution in [-0.2, 0) is 26.2 Å². The number of sulfonamides is 1. The van der Waals surface area contributed by atoms with E-state index in [2.05, 4.69) is 5.32 Å². The van der Waals surface area contributed by atoms with E-state index >= 15 is 0 Å². The number of hydrogen-bond acceptors (Lipinski definition) is 5. The third-order valence-electron chi connectivity index (χ3n) is 4.77.